The fourth-order valence-corrected chi connectivity index (χ4v) is 3.91. The summed E-state index contributed by atoms with van der Waals surface area (Å²) < 4.78 is 17.4. The molecule has 8 heteroatoms. The SMILES string of the molecule is COCc1cc(CN2CCOC(c3cccc(-c4cnc(N)nc4)n3)C2)ccc1OC(C)C. The van der Waals surface area contributed by atoms with Gasteiger partial charge in [0.05, 0.1) is 30.7 Å². The third-order valence-electron chi connectivity index (χ3n) is 5.41. The lowest BCUT2D eigenvalue weighted by molar-refractivity contribution is -0.0349. The largest absolute Gasteiger partial charge is 0.491 e. The molecule has 1 aliphatic heterocycles. The average Bonchev–Trinajstić information content (AvgIpc) is 2.81. The second-order valence-electron chi connectivity index (χ2n) is 8.41. The molecule has 1 atom stereocenters. The Hall–Kier alpha value is -3.07. The Morgan fingerprint density at radius 2 is 2.00 bits per heavy atom. The minimum absolute atomic E-state index is 0.101. The maximum absolute atomic E-state index is 6.07. The Morgan fingerprint density at radius 1 is 1.18 bits per heavy atom. The van der Waals surface area contributed by atoms with Gasteiger partial charge in [0, 0.05) is 50.3 Å². The number of hydrogen-bond acceptors (Lipinski definition) is 8. The molecule has 1 unspecified atom stereocenters. The third-order valence-corrected chi connectivity index (χ3v) is 5.41. The molecule has 1 aromatic carbocycles. The summed E-state index contributed by atoms with van der Waals surface area (Å²) >= 11 is 0. The number of rotatable bonds is 8. The first-order valence-corrected chi connectivity index (χ1v) is 11.2. The fourth-order valence-electron chi connectivity index (χ4n) is 3.91. The zero-order valence-electron chi connectivity index (χ0n) is 19.4. The maximum Gasteiger partial charge on any atom is 0.219 e. The zero-order chi connectivity index (χ0) is 23.2. The van der Waals surface area contributed by atoms with Crippen LogP contribution in [0.3, 0.4) is 0 Å². The van der Waals surface area contributed by atoms with E-state index in [2.05, 4.69) is 27.0 Å². The Labute approximate surface area is 194 Å². The maximum atomic E-state index is 6.07. The van der Waals surface area contributed by atoms with Gasteiger partial charge < -0.3 is 19.9 Å². The van der Waals surface area contributed by atoms with Gasteiger partial charge in [-0.2, -0.15) is 0 Å². The molecule has 0 spiro atoms. The van der Waals surface area contributed by atoms with E-state index >= 15 is 0 Å². The van der Waals surface area contributed by atoms with Crippen LogP contribution in [-0.2, 0) is 22.6 Å². The molecular weight excluding hydrogens is 418 g/mol. The van der Waals surface area contributed by atoms with Crippen molar-refractivity contribution in [2.45, 2.75) is 39.2 Å². The number of nitrogens with zero attached hydrogens (tertiary/aromatic N) is 4. The number of benzene rings is 1. The molecule has 174 valence electrons. The molecule has 0 saturated carbocycles. The standard InChI is InChI=1S/C25H31N5O3/c1-17(2)33-23-8-7-18(11-19(23)16-31-3)14-30-9-10-32-24(15-30)22-6-4-5-21(29-22)20-12-27-25(26)28-13-20/h4-8,11-13,17,24H,9-10,14-16H2,1-3H3,(H2,26,27,28). The van der Waals surface area contributed by atoms with Gasteiger partial charge in [-0.3, -0.25) is 4.90 Å². The molecule has 3 aromatic rings. The van der Waals surface area contributed by atoms with Gasteiger partial charge >= 0.3 is 0 Å². The van der Waals surface area contributed by atoms with Crippen LogP contribution in [0.4, 0.5) is 5.95 Å². The molecule has 1 saturated heterocycles. The Bertz CT molecular complexity index is 1060. The van der Waals surface area contributed by atoms with Crippen LogP contribution in [0.15, 0.2) is 48.8 Å². The summed E-state index contributed by atoms with van der Waals surface area (Å²) in [5.41, 5.74) is 10.4. The number of morpholine rings is 1. The van der Waals surface area contributed by atoms with E-state index in [4.69, 9.17) is 24.9 Å². The Balaban J connectivity index is 1.46. The molecular formula is C25H31N5O3. The zero-order valence-corrected chi connectivity index (χ0v) is 19.4. The van der Waals surface area contributed by atoms with Gasteiger partial charge in [0.25, 0.3) is 0 Å². The van der Waals surface area contributed by atoms with Gasteiger partial charge in [0.2, 0.25) is 5.95 Å². The summed E-state index contributed by atoms with van der Waals surface area (Å²) in [4.78, 5) is 15.3. The van der Waals surface area contributed by atoms with Crippen molar-refractivity contribution in [3.05, 3.63) is 65.6 Å². The van der Waals surface area contributed by atoms with E-state index in [1.807, 2.05) is 38.1 Å². The predicted octanol–water partition coefficient (Wildman–Crippen LogP) is 3.63. The molecule has 33 heavy (non-hydrogen) atoms. The Morgan fingerprint density at radius 3 is 2.76 bits per heavy atom. The molecule has 2 N–H and O–H groups in total. The van der Waals surface area contributed by atoms with Gasteiger partial charge in [0.15, 0.2) is 0 Å². The number of pyridine rings is 1. The number of methoxy groups -OCH3 is 1. The van der Waals surface area contributed by atoms with E-state index in [1.54, 1.807) is 19.5 Å². The van der Waals surface area contributed by atoms with E-state index in [0.29, 0.717) is 13.2 Å². The first-order chi connectivity index (χ1) is 16.0. The fraction of sp³-hybridized carbons (Fsp3) is 0.400. The van der Waals surface area contributed by atoms with Crippen LogP contribution in [0.5, 0.6) is 5.75 Å². The lowest BCUT2D eigenvalue weighted by atomic mass is 10.1. The molecule has 2 aromatic heterocycles. The van der Waals surface area contributed by atoms with Gasteiger partial charge in [-0.25, -0.2) is 15.0 Å². The lowest BCUT2D eigenvalue weighted by Crippen LogP contribution is -2.38. The number of anilines is 1. The number of nitrogens with two attached hydrogens (primary N) is 1. The Kier molecular flexibility index (Phi) is 7.49. The summed E-state index contributed by atoms with van der Waals surface area (Å²) in [6.45, 7) is 7.69. The number of ether oxygens (including phenoxy) is 3. The average molecular weight is 450 g/mol. The normalized spacial score (nSPS) is 16.8. The monoisotopic (exact) mass is 449 g/mol. The summed E-state index contributed by atoms with van der Waals surface area (Å²) in [5.74, 6) is 1.13. The van der Waals surface area contributed by atoms with E-state index < -0.39 is 0 Å². The van der Waals surface area contributed by atoms with Crippen molar-refractivity contribution in [2.75, 3.05) is 32.5 Å². The molecule has 0 amide bonds. The second-order valence-corrected chi connectivity index (χ2v) is 8.41. The van der Waals surface area contributed by atoms with Crippen molar-refractivity contribution in [1.29, 1.82) is 0 Å². The van der Waals surface area contributed by atoms with Crippen molar-refractivity contribution in [2.24, 2.45) is 0 Å². The van der Waals surface area contributed by atoms with E-state index in [-0.39, 0.29) is 18.2 Å². The summed E-state index contributed by atoms with van der Waals surface area (Å²) in [5, 5.41) is 0. The highest BCUT2D eigenvalue weighted by molar-refractivity contribution is 5.57. The van der Waals surface area contributed by atoms with E-state index in [0.717, 1.165) is 47.9 Å². The van der Waals surface area contributed by atoms with Crippen molar-refractivity contribution >= 4 is 5.95 Å². The second kappa shape index (κ2) is 10.7. The van der Waals surface area contributed by atoms with Crippen LogP contribution in [0.2, 0.25) is 0 Å². The molecule has 0 bridgehead atoms. The summed E-state index contributed by atoms with van der Waals surface area (Å²) in [6, 6.07) is 12.3. The van der Waals surface area contributed by atoms with Crippen LogP contribution in [-0.4, -0.2) is 52.8 Å². The van der Waals surface area contributed by atoms with E-state index in [9.17, 15) is 0 Å². The molecule has 0 radical (unpaired) electrons. The molecule has 1 fully saturated rings. The minimum atomic E-state index is -0.101. The smallest absolute Gasteiger partial charge is 0.219 e. The molecule has 4 rings (SSSR count). The highest BCUT2D eigenvalue weighted by Gasteiger charge is 2.24. The van der Waals surface area contributed by atoms with Crippen LogP contribution in [0.1, 0.15) is 36.8 Å². The van der Waals surface area contributed by atoms with Crippen molar-refractivity contribution in [1.82, 2.24) is 19.9 Å². The molecule has 1 aliphatic rings. The number of nitrogen functional groups attached to an aromatic ring is 1. The quantitative estimate of drug-likeness (QED) is 0.557. The van der Waals surface area contributed by atoms with Gasteiger partial charge in [-0.05, 0) is 43.7 Å². The van der Waals surface area contributed by atoms with Crippen LogP contribution in [0, 0.1) is 0 Å². The highest BCUT2D eigenvalue weighted by Crippen LogP contribution is 2.27. The first kappa shape index (κ1) is 23.1. The van der Waals surface area contributed by atoms with E-state index in [1.165, 1.54) is 5.56 Å². The minimum Gasteiger partial charge on any atom is -0.491 e. The molecule has 8 nitrogen and oxygen atoms in total. The molecule has 3 heterocycles. The van der Waals surface area contributed by atoms with Crippen LogP contribution < -0.4 is 10.5 Å². The number of aromatic nitrogens is 3. The van der Waals surface area contributed by atoms with Crippen LogP contribution >= 0.6 is 0 Å². The third kappa shape index (κ3) is 6.04. The first-order valence-electron chi connectivity index (χ1n) is 11.2. The summed E-state index contributed by atoms with van der Waals surface area (Å²) in [6.07, 6.45) is 3.39. The predicted molar refractivity (Wildman–Crippen MR) is 127 cm³/mol. The molecule has 0 aliphatic carbocycles. The van der Waals surface area contributed by atoms with Gasteiger partial charge in [0.1, 0.15) is 11.9 Å². The summed E-state index contributed by atoms with van der Waals surface area (Å²) in [7, 11) is 1.70. The lowest BCUT2D eigenvalue weighted by Gasteiger charge is -2.33. The van der Waals surface area contributed by atoms with Crippen molar-refractivity contribution < 1.29 is 14.2 Å². The van der Waals surface area contributed by atoms with Gasteiger partial charge in [-0.1, -0.05) is 12.1 Å². The van der Waals surface area contributed by atoms with Crippen molar-refractivity contribution in [3.63, 3.8) is 0 Å². The van der Waals surface area contributed by atoms with Crippen LogP contribution in [0.25, 0.3) is 11.3 Å². The number of hydrogen-bond donors (Lipinski definition) is 1. The van der Waals surface area contributed by atoms with Crippen molar-refractivity contribution in [3.8, 4) is 17.0 Å². The highest BCUT2D eigenvalue weighted by atomic mass is 16.5. The van der Waals surface area contributed by atoms with Gasteiger partial charge in [-0.15, -0.1) is 0 Å². The topological polar surface area (TPSA) is 95.6 Å².